The third-order valence-corrected chi connectivity index (χ3v) is 10.6. The van der Waals surface area contributed by atoms with E-state index < -0.39 is 28.5 Å². The van der Waals surface area contributed by atoms with Gasteiger partial charge in [-0.3, -0.25) is 13.9 Å². The number of nitrogens with zero attached hydrogens (tertiary/aromatic N) is 2. The van der Waals surface area contributed by atoms with Gasteiger partial charge in [0, 0.05) is 24.0 Å². The van der Waals surface area contributed by atoms with Crippen LogP contribution in [0.4, 0.5) is 5.69 Å². The number of carbonyl (C=O) groups excluding carboxylic acids is 2. The Bertz CT molecular complexity index is 1740. The molecule has 2 amide bonds. The van der Waals surface area contributed by atoms with Crippen LogP contribution in [0.25, 0.3) is 0 Å². The van der Waals surface area contributed by atoms with Crippen molar-refractivity contribution in [2.75, 3.05) is 17.4 Å². The minimum absolute atomic E-state index is 0.00902. The van der Waals surface area contributed by atoms with Gasteiger partial charge in [0.25, 0.3) is 10.0 Å². The number of amides is 2. The average molecular weight is 746 g/mol. The number of halogens is 3. The molecule has 0 fully saturated rings. The van der Waals surface area contributed by atoms with Crippen molar-refractivity contribution in [3.63, 3.8) is 0 Å². The minimum atomic E-state index is -4.30. The first-order valence-corrected chi connectivity index (χ1v) is 17.9. The first kappa shape index (κ1) is 35.5. The maximum absolute atomic E-state index is 14.5. The molecule has 1 atom stereocenters. The fourth-order valence-electron chi connectivity index (χ4n) is 4.88. The number of hydrogen-bond acceptors (Lipinski definition) is 4. The van der Waals surface area contributed by atoms with Gasteiger partial charge >= 0.3 is 0 Å². The average Bonchev–Trinajstić information content (AvgIpc) is 3.04. The van der Waals surface area contributed by atoms with E-state index in [9.17, 15) is 18.0 Å². The summed E-state index contributed by atoms with van der Waals surface area (Å²) in [5, 5.41) is 3.12. The Labute approximate surface area is 289 Å². The maximum Gasteiger partial charge on any atom is 0.264 e. The lowest BCUT2D eigenvalue weighted by Crippen LogP contribution is -2.53. The van der Waals surface area contributed by atoms with Gasteiger partial charge in [0.2, 0.25) is 11.8 Å². The topological polar surface area (TPSA) is 86.8 Å². The quantitative estimate of drug-likeness (QED) is 0.134. The second kappa shape index (κ2) is 16.5. The number of sulfonamides is 1. The molecule has 242 valence electrons. The van der Waals surface area contributed by atoms with Crippen LogP contribution in [0.5, 0.6) is 0 Å². The van der Waals surface area contributed by atoms with Crippen molar-refractivity contribution in [3.8, 4) is 0 Å². The molecule has 46 heavy (non-hydrogen) atoms. The number of unbranched alkanes of at least 4 members (excludes halogenated alkanes) is 1. The second-order valence-electron chi connectivity index (χ2n) is 10.9. The van der Waals surface area contributed by atoms with Gasteiger partial charge in [-0.15, -0.1) is 0 Å². The van der Waals surface area contributed by atoms with Gasteiger partial charge in [-0.2, -0.15) is 0 Å². The lowest BCUT2D eigenvalue weighted by molar-refractivity contribution is -0.140. The van der Waals surface area contributed by atoms with Crippen LogP contribution in [0.1, 0.15) is 36.5 Å². The summed E-state index contributed by atoms with van der Waals surface area (Å²) in [6.07, 6.45) is 1.89. The van der Waals surface area contributed by atoms with Crippen molar-refractivity contribution in [1.29, 1.82) is 0 Å². The lowest BCUT2D eigenvalue weighted by atomic mass is 10.0. The number of anilines is 1. The Kier molecular flexibility index (Phi) is 12.7. The van der Waals surface area contributed by atoms with E-state index in [1.165, 1.54) is 23.1 Å². The zero-order chi connectivity index (χ0) is 33.3. The van der Waals surface area contributed by atoms with Gasteiger partial charge in [0.05, 0.1) is 20.6 Å². The third kappa shape index (κ3) is 9.12. The molecule has 4 aromatic rings. The van der Waals surface area contributed by atoms with Gasteiger partial charge in [-0.1, -0.05) is 119 Å². The van der Waals surface area contributed by atoms with Crippen LogP contribution < -0.4 is 9.62 Å². The molecule has 0 aliphatic rings. The minimum Gasteiger partial charge on any atom is -0.354 e. The molecular weight excluding hydrogens is 709 g/mol. The van der Waals surface area contributed by atoms with Crippen molar-refractivity contribution in [2.45, 2.75) is 50.6 Å². The number of hydrogen-bond donors (Lipinski definition) is 1. The van der Waals surface area contributed by atoms with E-state index in [2.05, 4.69) is 21.2 Å². The number of benzene rings is 4. The summed E-state index contributed by atoms with van der Waals surface area (Å²) in [5.74, 6) is -0.905. The third-order valence-electron chi connectivity index (χ3n) is 7.45. The summed E-state index contributed by atoms with van der Waals surface area (Å²) in [4.78, 5) is 29.8. The molecule has 4 rings (SSSR count). The Balaban J connectivity index is 1.81. The first-order valence-electron chi connectivity index (χ1n) is 14.9. The zero-order valence-electron chi connectivity index (χ0n) is 25.6. The zero-order valence-corrected chi connectivity index (χ0v) is 29.5. The summed E-state index contributed by atoms with van der Waals surface area (Å²) < 4.78 is 30.2. The molecule has 1 N–H and O–H groups in total. The van der Waals surface area contributed by atoms with Crippen molar-refractivity contribution in [1.82, 2.24) is 10.2 Å². The molecule has 0 spiro atoms. The predicted octanol–water partition coefficient (Wildman–Crippen LogP) is 7.82. The Hall–Kier alpha value is -3.37. The maximum atomic E-state index is 14.5. The molecular formula is C35H36BrCl2N3O4S. The standard InChI is InChI=1S/C35H36BrCl2N3O4S/c1-3-4-21-39-35(43)32(22-26-9-6-5-7-10-26)40(23-27-15-17-28(36)18-16-27)33(42)24-41(31-12-8-11-30(37)34(31)38)46(44,45)29-19-13-25(2)14-20-29/h5-20,32H,3-4,21-24H2,1-2H3,(H,39,43). The SMILES string of the molecule is CCCCNC(=O)C(Cc1ccccc1)N(Cc1ccc(Br)cc1)C(=O)CN(c1cccc(Cl)c1Cl)S(=O)(=O)c1ccc(C)cc1. The number of rotatable bonds is 14. The molecule has 0 saturated carbocycles. The fraction of sp³-hybridized carbons (Fsp3) is 0.257. The second-order valence-corrected chi connectivity index (χ2v) is 14.5. The van der Waals surface area contributed by atoms with Crippen molar-refractivity contribution < 1.29 is 18.0 Å². The summed E-state index contributed by atoms with van der Waals surface area (Å²) in [6, 6.07) is 26.9. The van der Waals surface area contributed by atoms with E-state index in [4.69, 9.17) is 23.2 Å². The van der Waals surface area contributed by atoms with Crippen LogP contribution in [-0.4, -0.2) is 44.3 Å². The van der Waals surface area contributed by atoms with Crippen LogP contribution in [-0.2, 0) is 32.6 Å². The normalized spacial score (nSPS) is 11.9. The molecule has 11 heteroatoms. The van der Waals surface area contributed by atoms with Crippen LogP contribution >= 0.6 is 39.1 Å². The van der Waals surface area contributed by atoms with Crippen LogP contribution in [0.3, 0.4) is 0 Å². The highest BCUT2D eigenvalue weighted by Gasteiger charge is 2.35. The van der Waals surface area contributed by atoms with Crippen molar-refractivity contribution in [3.05, 3.63) is 128 Å². The molecule has 0 saturated heterocycles. The highest BCUT2D eigenvalue weighted by Crippen LogP contribution is 2.35. The molecule has 4 aromatic carbocycles. The van der Waals surface area contributed by atoms with Crippen LogP contribution in [0.2, 0.25) is 10.0 Å². The summed E-state index contributed by atoms with van der Waals surface area (Å²) >= 11 is 16.4. The fourth-order valence-corrected chi connectivity index (χ4v) is 7.02. The Morgan fingerprint density at radius 2 is 1.54 bits per heavy atom. The lowest BCUT2D eigenvalue weighted by Gasteiger charge is -2.34. The van der Waals surface area contributed by atoms with E-state index in [1.54, 1.807) is 24.3 Å². The van der Waals surface area contributed by atoms with E-state index >= 15 is 0 Å². The van der Waals surface area contributed by atoms with Gasteiger partial charge in [0.15, 0.2) is 0 Å². The Morgan fingerprint density at radius 3 is 2.20 bits per heavy atom. The Morgan fingerprint density at radius 1 is 0.870 bits per heavy atom. The largest absolute Gasteiger partial charge is 0.354 e. The molecule has 7 nitrogen and oxygen atoms in total. The highest BCUT2D eigenvalue weighted by molar-refractivity contribution is 9.10. The number of aryl methyl sites for hydroxylation is 1. The molecule has 1 unspecified atom stereocenters. The van der Waals surface area contributed by atoms with E-state index in [0.717, 1.165) is 38.3 Å². The van der Waals surface area contributed by atoms with E-state index in [0.29, 0.717) is 6.54 Å². The summed E-state index contributed by atoms with van der Waals surface area (Å²) in [5.41, 5.74) is 2.55. The summed E-state index contributed by atoms with van der Waals surface area (Å²) in [7, 11) is -4.30. The molecule has 0 radical (unpaired) electrons. The van der Waals surface area contributed by atoms with Crippen molar-refractivity contribution in [2.24, 2.45) is 0 Å². The monoisotopic (exact) mass is 743 g/mol. The van der Waals surface area contributed by atoms with Crippen LogP contribution in [0, 0.1) is 6.92 Å². The van der Waals surface area contributed by atoms with Crippen molar-refractivity contribution >= 4 is 66.7 Å². The smallest absolute Gasteiger partial charge is 0.264 e. The van der Waals surface area contributed by atoms with E-state index in [-0.39, 0.29) is 39.5 Å². The molecule has 0 heterocycles. The van der Waals surface area contributed by atoms with Gasteiger partial charge in [0.1, 0.15) is 12.6 Å². The first-order chi connectivity index (χ1) is 22.0. The van der Waals surface area contributed by atoms with E-state index in [1.807, 2.05) is 68.4 Å². The van der Waals surface area contributed by atoms with Gasteiger partial charge in [-0.25, -0.2) is 8.42 Å². The summed E-state index contributed by atoms with van der Waals surface area (Å²) in [6.45, 7) is 3.77. The number of carbonyl (C=O) groups is 2. The molecule has 0 aliphatic heterocycles. The van der Waals surface area contributed by atoms with Gasteiger partial charge in [-0.05, 0) is 60.9 Å². The highest BCUT2D eigenvalue weighted by atomic mass is 79.9. The molecule has 0 aromatic heterocycles. The predicted molar refractivity (Wildman–Crippen MR) is 189 cm³/mol. The van der Waals surface area contributed by atoms with Crippen LogP contribution in [0.15, 0.2) is 106 Å². The van der Waals surface area contributed by atoms with Gasteiger partial charge < -0.3 is 10.2 Å². The molecule has 0 aliphatic carbocycles. The molecule has 0 bridgehead atoms. The number of nitrogens with one attached hydrogen (secondary N) is 1.